The second kappa shape index (κ2) is 8.33. The van der Waals surface area contributed by atoms with Crippen molar-refractivity contribution in [2.75, 3.05) is 5.32 Å². The van der Waals surface area contributed by atoms with E-state index in [0.717, 1.165) is 36.8 Å². The molecule has 2 aromatic rings. The van der Waals surface area contributed by atoms with Crippen LogP contribution in [0.3, 0.4) is 0 Å². The van der Waals surface area contributed by atoms with Gasteiger partial charge in [0, 0.05) is 5.69 Å². The molecule has 2 amide bonds. The maximum absolute atomic E-state index is 14.8. The topological polar surface area (TPSA) is 98.7 Å². The molecule has 0 aromatic heterocycles. The molecule has 0 bridgehead atoms. The molecule has 166 valence electrons. The van der Waals surface area contributed by atoms with Gasteiger partial charge in [0.1, 0.15) is 5.82 Å². The third-order valence-electron chi connectivity index (χ3n) is 6.12. The van der Waals surface area contributed by atoms with Gasteiger partial charge in [0.15, 0.2) is 11.0 Å². The van der Waals surface area contributed by atoms with Gasteiger partial charge in [-0.3, -0.25) is 4.72 Å². The Balaban J connectivity index is 1.57. The summed E-state index contributed by atoms with van der Waals surface area (Å²) in [6.45, 7) is 2.88. The first-order valence-corrected chi connectivity index (χ1v) is 11.7. The van der Waals surface area contributed by atoms with Crippen molar-refractivity contribution in [1.29, 1.82) is 0 Å². The Morgan fingerprint density at radius 3 is 2.23 bits per heavy atom. The molecule has 4 N–H and O–H groups in total. The molecular formula is C23H27FN2O4S. The fourth-order valence-corrected chi connectivity index (χ4v) is 5.45. The third-order valence-corrected chi connectivity index (χ3v) is 7.17. The minimum Gasteiger partial charge on any atom is -0.392 e. The molecule has 4 rings (SSSR count). The molecule has 1 unspecified atom stereocenters. The maximum Gasteiger partial charge on any atom is 0.331 e. The van der Waals surface area contributed by atoms with Crippen molar-refractivity contribution in [1.82, 2.24) is 4.72 Å². The monoisotopic (exact) mass is 446 g/mol. The zero-order valence-corrected chi connectivity index (χ0v) is 18.5. The lowest BCUT2D eigenvalue weighted by atomic mass is 9.93. The van der Waals surface area contributed by atoms with Crippen LogP contribution in [0, 0.1) is 5.82 Å². The summed E-state index contributed by atoms with van der Waals surface area (Å²) in [4.78, 5) is 13.0. The van der Waals surface area contributed by atoms with Gasteiger partial charge < -0.3 is 15.5 Å². The lowest BCUT2D eigenvalue weighted by Crippen LogP contribution is -2.31. The smallest absolute Gasteiger partial charge is 0.331 e. The van der Waals surface area contributed by atoms with Gasteiger partial charge in [-0.05, 0) is 97.9 Å². The largest absolute Gasteiger partial charge is 0.392 e. The van der Waals surface area contributed by atoms with E-state index >= 15 is 0 Å². The zero-order valence-electron chi connectivity index (χ0n) is 17.7. The van der Waals surface area contributed by atoms with Gasteiger partial charge in [0.2, 0.25) is 0 Å². The van der Waals surface area contributed by atoms with Gasteiger partial charge >= 0.3 is 6.03 Å². The summed E-state index contributed by atoms with van der Waals surface area (Å²) in [6, 6.07) is 4.03. The highest BCUT2D eigenvalue weighted by Gasteiger charge is 2.30. The molecule has 1 atom stereocenters. The highest BCUT2D eigenvalue weighted by Crippen LogP contribution is 2.40. The van der Waals surface area contributed by atoms with Crippen molar-refractivity contribution < 1.29 is 23.6 Å². The molecule has 6 nitrogen and oxygen atoms in total. The van der Waals surface area contributed by atoms with E-state index in [9.17, 15) is 23.6 Å². The van der Waals surface area contributed by atoms with E-state index in [1.807, 2.05) is 0 Å². The normalized spacial score (nSPS) is 16.0. The molecule has 31 heavy (non-hydrogen) atoms. The standard InChI is InChI=1S/C23H27FN2O4S/c1-23(2,29)19-11-14(10-9-13(19)12-27)31(30)26-22(28)25-21-17-7-3-5-15(17)20(24)16-6-4-8-18(16)21/h9-11,27,29H,3-8,12H2,1-2H3,(H2,25,26,28). The van der Waals surface area contributed by atoms with Crippen LogP contribution in [-0.2, 0) is 48.9 Å². The molecule has 0 saturated carbocycles. The molecular weight excluding hydrogens is 419 g/mol. The summed E-state index contributed by atoms with van der Waals surface area (Å²) >= 11 is 0. The lowest BCUT2D eigenvalue weighted by molar-refractivity contribution is 0.0757. The van der Waals surface area contributed by atoms with Gasteiger partial charge in [-0.1, -0.05) is 6.07 Å². The number of carbonyl (C=O) groups excluding carboxylic acids is 1. The molecule has 2 aliphatic rings. The van der Waals surface area contributed by atoms with Gasteiger partial charge in [-0.2, -0.15) is 0 Å². The number of hydrogen-bond donors (Lipinski definition) is 4. The number of aliphatic hydroxyl groups excluding tert-OH is 1. The van der Waals surface area contributed by atoms with Crippen LogP contribution in [0.1, 0.15) is 60.1 Å². The van der Waals surface area contributed by atoms with Gasteiger partial charge in [0.25, 0.3) is 0 Å². The number of urea groups is 1. The average molecular weight is 447 g/mol. The highest BCUT2D eigenvalue weighted by atomic mass is 32.2. The number of rotatable bonds is 5. The number of benzene rings is 2. The first kappa shape index (κ1) is 21.9. The van der Waals surface area contributed by atoms with Crippen molar-refractivity contribution in [2.45, 2.75) is 69.5 Å². The van der Waals surface area contributed by atoms with Crippen LogP contribution in [0.5, 0.6) is 0 Å². The summed E-state index contributed by atoms with van der Waals surface area (Å²) in [5.74, 6) is -0.113. The van der Waals surface area contributed by atoms with E-state index in [4.69, 9.17) is 0 Å². The first-order chi connectivity index (χ1) is 14.7. The predicted octanol–water partition coefficient (Wildman–Crippen LogP) is 3.37. The maximum atomic E-state index is 14.8. The van der Waals surface area contributed by atoms with Gasteiger partial charge in [-0.15, -0.1) is 0 Å². The van der Waals surface area contributed by atoms with Gasteiger partial charge in [0.05, 0.1) is 17.1 Å². The summed E-state index contributed by atoms with van der Waals surface area (Å²) in [5.41, 5.74) is 3.51. The predicted molar refractivity (Wildman–Crippen MR) is 117 cm³/mol. The highest BCUT2D eigenvalue weighted by molar-refractivity contribution is 7.83. The minimum absolute atomic E-state index is 0.113. The number of fused-ring (bicyclic) bond motifs is 2. The van der Waals surface area contributed by atoms with Crippen LogP contribution in [0.15, 0.2) is 23.1 Å². The molecule has 8 heteroatoms. The number of carbonyl (C=O) groups is 1. The van der Waals surface area contributed by atoms with Crippen LogP contribution < -0.4 is 10.0 Å². The Bertz CT molecular complexity index is 1040. The van der Waals surface area contributed by atoms with Gasteiger partial charge in [-0.25, -0.2) is 13.4 Å². The molecule has 0 heterocycles. The molecule has 0 fully saturated rings. The van der Waals surface area contributed by atoms with Crippen molar-refractivity contribution in [3.05, 3.63) is 57.4 Å². The fraction of sp³-hybridized carbons (Fsp3) is 0.435. The molecule has 2 aromatic carbocycles. The van der Waals surface area contributed by atoms with Crippen LogP contribution >= 0.6 is 0 Å². The zero-order chi connectivity index (χ0) is 22.3. The van der Waals surface area contributed by atoms with E-state index in [-0.39, 0.29) is 12.4 Å². The summed E-state index contributed by atoms with van der Waals surface area (Å²) in [7, 11) is -1.87. The van der Waals surface area contributed by atoms with E-state index < -0.39 is 22.6 Å². The lowest BCUT2D eigenvalue weighted by Gasteiger charge is -2.22. The summed E-state index contributed by atoms with van der Waals surface area (Å²) in [6.07, 6.45) is 4.50. The quantitative estimate of drug-likeness (QED) is 0.566. The van der Waals surface area contributed by atoms with Crippen LogP contribution in [0.4, 0.5) is 14.9 Å². The van der Waals surface area contributed by atoms with E-state index in [2.05, 4.69) is 10.0 Å². The summed E-state index contributed by atoms with van der Waals surface area (Å²) < 4.78 is 30.0. The molecule has 2 aliphatic carbocycles. The SMILES string of the molecule is CC(C)(O)c1cc(S(=O)NC(=O)Nc2c3c(c(F)c4c2CCC4)CCC3)ccc1CO. The Morgan fingerprint density at radius 1 is 1.10 bits per heavy atom. The Morgan fingerprint density at radius 2 is 1.68 bits per heavy atom. The first-order valence-electron chi connectivity index (χ1n) is 10.5. The Kier molecular flexibility index (Phi) is 5.89. The second-order valence-electron chi connectivity index (χ2n) is 8.67. The molecule has 0 spiro atoms. The van der Waals surface area contributed by atoms with Crippen LogP contribution in [-0.4, -0.2) is 20.5 Å². The Labute approximate surface area is 183 Å². The fourth-order valence-electron chi connectivity index (χ4n) is 4.70. The van der Waals surface area contributed by atoms with Crippen LogP contribution in [0.25, 0.3) is 0 Å². The van der Waals surface area contributed by atoms with E-state index in [0.29, 0.717) is 45.7 Å². The number of anilines is 1. The van der Waals surface area contributed by atoms with Crippen molar-refractivity contribution >= 4 is 22.7 Å². The minimum atomic E-state index is -1.87. The molecule has 0 radical (unpaired) electrons. The average Bonchev–Trinajstić information content (AvgIpc) is 3.40. The Hall–Kier alpha value is -2.29. The van der Waals surface area contributed by atoms with Crippen LogP contribution in [0.2, 0.25) is 0 Å². The third kappa shape index (κ3) is 4.12. The van der Waals surface area contributed by atoms with Crippen molar-refractivity contribution in [2.24, 2.45) is 0 Å². The number of halogens is 1. The molecule has 0 aliphatic heterocycles. The number of nitrogens with one attached hydrogen (secondary N) is 2. The van der Waals surface area contributed by atoms with Crippen molar-refractivity contribution in [3.63, 3.8) is 0 Å². The van der Waals surface area contributed by atoms with E-state index in [1.165, 1.54) is 6.07 Å². The second-order valence-corrected chi connectivity index (χ2v) is 9.88. The summed E-state index contributed by atoms with van der Waals surface area (Å²) in [5, 5.41) is 22.7. The molecule has 0 saturated heterocycles. The van der Waals surface area contributed by atoms with E-state index in [1.54, 1.807) is 26.0 Å². The number of aliphatic hydroxyl groups is 2. The number of amides is 2. The van der Waals surface area contributed by atoms with Crippen molar-refractivity contribution in [3.8, 4) is 0 Å². The number of hydrogen-bond acceptors (Lipinski definition) is 4.